The van der Waals surface area contributed by atoms with E-state index in [0.717, 1.165) is 6.07 Å². The van der Waals surface area contributed by atoms with E-state index >= 15 is 0 Å². The maximum absolute atomic E-state index is 11.9. The monoisotopic (exact) mass is 236 g/mol. The number of nitrogen functional groups attached to an aromatic ring is 1. The molecule has 0 heterocycles. The van der Waals surface area contributed by atoms with Gasteiger partial charge < -0.3 is 10.5 Å². The third kappa shape index (κ3) is 2.92. The molecule has 1 aromatic rings. The zero-order chi connectivity index (χ0) is 11.6. The van der Waals surface area contributed by atoms with Gasteiger partial charge in [0.2, 0.25) is 0 Å². The van der Waals surface area contributed by atoms with Gasteiger partial charge in [0.1, 0.15) is 11.6 Å². The third-order valence-corrected chi connectivity index (χ3v) is 1.71. The van der Waals surface area contributed by atoms with E-state index in [1.807, 2.05) is 0 Å². The summed E-state index contributed by atoms with van der Waals surface area (Å²) in [4.78, 5) is 0. The van der Waals surface area contributed by atoms with Gasteiger partial charge in [-0.15, -0.1) is 13.2 Å². The summed E-state index contributed by atoms with van der Waals surface area (Å²) >= 11 is 5.51. The molecule has 3 nitrogen and oxygen atoms in total. The van der Waals surface area contributed by atoms with Gasteiger partial charge >= 0.3 is 6.36 Å². The van der Waals surface area contributed by atoms with Crippen LogP contribution in [0.25, 0.3) is 0 Å². The van der Waals surface area contributed by atoms with Crippen molar-refractivity contribution in [1.29, 1.82) is 5.26 Å². The van der Waals surface area contributed by atoms with Crippen molar-refractivity contribution in [3.8, 4) is 11.8 Å². The van der Waals surface area contributed by atoms with E-state index in [9.17, 15) is 13.2 Å². The first-order chi connectivity index (χ1) is 6.83. The van der Waals surface area contributed by atoms with Crippen LogP contribution in [0.2, 0.25) is 5.02 Å². The van der Waals surface area contributed by atoms with Crippen LogP contribution in [-0.2, 0) is 0 Å². The highest BCUT2D eigenvalue weighted by Gasteiger charge is 2.32. The summed E-state index contributed by atoms with van der Waals surface area (Å²) in [7, 11) is 0. The number of rotatable bonds is 1. The predicted octanol–water partition coefficient (Wildman–Crippen LogP) is 2.69. The summed E-state index contributed by atoms with van der Waals surface area (Å²) in [5.41, 5.74) is 4.85. The number of ether oxygens (including phenoxy) is 1. The van der Waals surface area contributed by atoms with Crippen LogP contribution >= 0.6 is 11.6 Å². The Hall–Kier alpha value is -1.61. The van der Waals surface area contributed by atoms with Crippen molar-refractivity contribution in [3.05, 3.63) is 22.7 Å². The van der Waals surface area contributed by atoms with Gasteiger partial charge in [0, 0.05) is 11.8 Å². The fraction of sp³-hybridized carbons (Fsp3) is 0.125. The highest BCUT2D eigenvalue weighted by Crippen LogP contribution is 2.32. The first kappa shape index (κ1) is 11.5. The van der Waals surface area contributed by atoms with Crippen molar-refractivity contribution in [1.82, 2.24) is 0 Å². The molecular formula is C8H4ClF3N2O. The van der Waals surface area contributed by atoms with Gasteiger partial charge in [-0.25, -0.2) is 0 Å². The van der Waals surface area contributed by atoms with Crippen molar-refractivity contribution in [2.45, 2.75) is 6.36 Å². The number of nitrogens with two attached hydrogens (primary N) is 1. The summed E-state index contributed by atoms with van der Waals surface area (Å²) in [5, 5.41) is 8.38. The number of nitrogens with zero attached hydrogens (tertiary/aromatic N) is 1. The highest BCUT2D eigenvalue weighted by atomic mass is 35.5. The quantitative estimate of drug-likeness (QED) is 0.763. The Morgan fingerprint density at radius 3 is 2.47 bits per heavy atom. The van der Waals surface area contributed by atoms with Crippen molar-refractivity contribution < 1.29 is 17.9 Å². The van der Waals surface area contributed by atoms with E-state index in [-0.39, 0.29) is 10.7 Å². The maximum atomic E-state index is 11.9. The number of benzene rings is 1. The van der Waals surface area contributed by atoms with Crippen LogP contribution in [0, 0.1) is 11.3 Å². The van der Waals surface area contributed by atoms with E-state index in [2.05, 4.69) is 4.74 Å². The number of hydrogen-bond donors (Lipinski definition) is 1. The molecule has 0 bridgehead atoms. The van der Waals surface area contributed by atoms with Crippen LogP contribution in [0.4, 0.5) is 18.9 Å². The minimum Gasteiger partial charge on any atom is -0.404 e. The van der Waals surface area contributed by atoms with Crippen LogP contribution in [0.5, 0.6) is 5.75 Å². The molecule has 0 spiro atoms. The van der Waals surface area contributed by atoms with Crippen LogP contribution in [-0.4, -0.2) is 6.36 Å². The zero-order valence-electron chi connectivity index (χ0n) is 7.10. The molecule has 0 radical (unpaired) electrons. The van der Waals surface area contributed by atoms with E-state index in [1.54, 1.807) is 0 Å². The van der Waals surface area contributed by atoms with E-state index in [0.29, 0.717) is 0 Å². The molecule has 0 saturated heterocycles. The highest BCUT2D eigenvalue weighted by molar-refractivity contribution is 6.32. The molecule has 0 aromatic heterocycles. The van der Waals surface area contributed by atoms with E-state index in [1.165, 1.54) is 12.1 Å². The molecule has 0 saturated carbocycles. The lowest BCUT2D eigenvalue weighted by molar-refractivity contribution is -0.274. The van der Waals surface area contributed by atoms with Crippen LogP contribution in [0.15, 0.2) is 12.1 Å². The van der Waals surface area contributed by atoms with Crippen molar-refractivity contribution in [2.75, 3.05) is 5.73 Å². The summed E-state index contributed by atoms with van der Waals surface area (Å²) < 4.78 is 39.3. The molecule has 0 amide bonds. The average molecular weight is 237 g/mol. The minimum atomic E-state index is -4.89. The molecule has 0 unspecified atom stereocenters. The van der Waals surface area contributed by atoms with Gasteiger partial charge in [0.15, 0.2) is 5.75 Å². The predicted molar refractivity (Wildman–Crippen MR) is 47.3 cm³/mol. The normalized spacial score (nSPS) is 10.9. The van der Waals surface area contributed by atoms with Gasteiger partial charge in [-0.05, 0) is 6.07 Å². The molecule has 7 heteroatoms. The third-order valence-electron chi connectivity index (χ3n) is 1.41. The number of nitriles is 1. The Morgan fingerprint density at radius 2 is 2.00 bits per heavy atom. The molecule has 15 heavy (non-hydrogen) atoms. The average Bonchev–Trinajstić information content (AvgIpc) is 1.99. The molecule has 0 atom stereocenters. The lowest BCUT2D eigenvalue weighted by Crippen LogP contribution is -2.18. The van der Waals surface area contributed by atoms with Gasteiger partial charge in [0.25, 0.3) is 0 Å². The Bertz CT molecular complexity index is 425. The Morgan fingerprint density at radius 1 is 1.40 bits per heavy atom. The second-order valence-corrected chi connectivity index (χ2v) is 2.94. The van der Waals surface area contributed by atoms with Crippen molar-refractivity contribution >= 4 is 17.3 Å². The SMILES string of the molecule is N#Cc1c(Cl)cc(N)cc1OC(F)(F)F. The molecule has 0 fully saturated rings. The topological polar surface area (TPSA) is 59.0 Å². The molecule has 1 rings (SSSR count). The van der Waals surface area contributed by atoms with Gasteiger partial charge in [0.05, 0.1) is 5.02 Å². The fourth-order valence-corrected chi connectivity index (χ4v) is 1.18. The lowest BCUT2D eigenvalue weighted by atomic mass is 10.2. The second kappa shape index (κ2) is 3.87. The van der Waals surface area contributed by atoms with E-state index in [4.69, 9.17) is 22.6 Å². The molecule has 1 aromatic carbocycles. The summed E-state index contributed by atoms with van der Waals surface area (Å²) in [5.74, 6) is -0.699. The summed E-state index contributed by atoms with van der Waals surface area (Å²) in [6, 6.07) is 3.56. The molecular weight excluding hydrogens is 233 g/mol. The minimum absolute atomic E-state index is 0.0155. The largest absolute Gasteiger partial charge is 0.573 e. The summed E-state index contributed by atoms with van der Waals surface area (Å²) in [6.07, 6.45) is -4.89. The Labute approximate surface area is 87.8 Å². The van der Waals surface area contributed by atoms with Gasteiger partial charge in [-0.3, -0.25) is 0 Å². The number of hydrogen-bond acceptors (Lipinski definition) is 3. The fourth-order valence-electron chi connectivity index (χ4n) is 0.915. The number of anilines is 1. The van der Waals surface area contributed by atoms with Crippen LogP contribution in [0.1, 0.15) is 5.56 Å². The molecule has 2 N–H and O–H groups in total. The first-order valence-electron chi connectivity index (χ1n) is 3.58. The lowest BCUT2D eigenvalue weighted by Gasteiger charge is -2.11. The van der Waals surface area contributed by atoms with Crippen LogP contribution in [0.3, 0.4) is 0 Å². The van der Waals surface area contributed by atoms with Gasteiger partial charge in [-0.2, -0.15) is 5.26 Å². The van der Waals surface area contributed by atoms with Crippen molar-refractivity contribution in [2.24, 2.45) is 0 Å². The standard InChI is InChI=1S/C8H4ClF3N2O/c9-6-1-4(14)2-7(5(6)3-13)15-8(10,11)12/h1-2H,14H2. The zero-order valence-corrected chi connectivity index (χ0v) is 7.86. The molecule has 0 aliphatic heterocycles. The number of alkyl halides is 3. The van der Waals surface area contributed by atoms with Crippen LogP contribution < -0.4 is 10.5 Å². The van der Waals surface area contributed by atoms with E-state index < -0.39 is 17.7 Å². The summed E-state index contributed by atoms with van der Waals surface area (Å²) in [6.45, 7) is 0. The molecule has 0 aliphatic rings. The Balaban J connectivity index is 3.23. The smallest absolute Gasteiger partial charge is 0.404 e. The molecule has 0 aliphatic carbocycles. The molecule has 80 valence electrons. The second-order valence-electron chi connectivity index (χ2n) is 2.54. The van der Waals surface area contributed by atoms with Crippen molar-refractivity contribution in [3.63, 3.8) is 0 Å². The number of halogens is 4. The Kier molecular flexibility index (Phi) is 2.95. The van der Waals surface area contributed by atoms with Gasteiger partial charge in [-0.1, -0.05) is 11.6 Å². The maximum Gasteiger partial charge on any atom is 0.573 e. The first-order valence-corrected chi connectivity index (χ1v) is 3.96.